The van der Waals surface area contributed by atoms with Gasteiger partial charge in [-0.05, 0) is 42.7 Å². The van der Waals surface area contributed by atoms with Crippen molar-refractivity contribution in [2.45, 2.75) is 51.8 Å². The van der Waals surface area contributed by atoms with E-state index in [0.717, 1.165) is 42.0 Å². The van der Waals surface area contributed by atoms with Gasteiger partial charge in [0.1, 0.15) is 10.8 Å². The number of halogens is 4. The fourth-order valence-corrected chi connectivity index (χ4v) is 4.60. The van der Waals surface area contributed by atoms with Crippen LogP contribution in [0.15, 0.2) is 47.6 Å². The number of aldehydes is 1. The Kier molecular flexibility index (Phi) is 8.00. The number of amidine groups is 1. The number of oxime groups is 1. The second-order valence-electron chi connectivity index (χ2n) is 8.12. The van der Waals surface area contributed by atoms with Crippen molar-refractivity contribution in [3.05, 3.63) is 75.5 Å². The zero-order valence-corrected chi connectivity index (χ0v) is 20.1. The molecule has 2 aromatic carbocycles. The number of alkyl halides is 3. The minimum Gasteiger partial charge on any atom is -0.371 e. The zero-order chi connectivity index (χ0) is 25.7. The predicted octanol–water partition coefficient (Wildman–Crippen LogP) is 5.83. The van der Waals surface area contributed by atoms with E-state index in [1.807, 2.05) is 0 Å². The Morgan fingerprint density at radius 2 is 1.94 bits per heavy atom. The Labute approximate surface area is 208 Å². The van der Waals surface area contributed by atoms with Crippen LogP contribution in [0.1, 0.15) is 47.0 Å². The molecular formula is C25H23F4N3O3S. The maximum Gasteiger partial charge on any atom is 0.416 e. The van der Waals surface area contributed by atoms with Gasteiger partial charge in [-0.15, -0.1) is 11.3 Å². The highest BCUT2D eigenvalue weighted by atomic mass is 32.1. The van der Waals surface area contributed by atoms with Crippen molar-refractivity contribution in [3.8, 4) is 10.6 Å². The molecule has 6 nitrogen and oxygen atoms in total. The van der Waals surface area contributed by atoms with Crippen LogP contribution in [0.5, 0.6) is 0 Å². The number of aryl methyl sites for hydroxylation is 1. The Morgan fingerprint density at radius 1 is 1.17 bits per heavy atom. The fraction of sp³-hybridized carbons (Fsp3) is 0.320. The summed E-state index contributed by atoms with van der Waals surface area (Å²) >= 11 is 1.38. The van der Waals surface area contributed by atoms with Crippen LogP contribution >= 0.6 is 11.3 Å². The maximum atomic E-state index is 14.6. The lowest BCUT2D eigenvalue weighted by Gasteiger charge is -2.08. The lowest BCUT2D eigenvalue weighted by atomic mass is 10.1. The molecule has 0 spiro atoms. The minimum atomic E-state index is -4.39. The van der Waals surface area contributed by atoms with Gasteiger partial charge in [0.2, 0.25) is 0 Å². The van der Waals surface area contributed by atoms with E-state index in [0.29, 0.717) is 22.4 Å². The van der Waals surface area contributed by atoms with Gasteiger partial charge in [0, 0.05) is 5.56 Å². The van der Waals surface area contributed by atoms with Crippen LogP contribution in [0.2, 0.25) is 0 Å². The van der Waals surface area contributed by atoms with E-state index in [2.05, 4.69) is 22.4 Å². The maximum absolute atomic E-state index is 14.6. The van der Waals surface area contributed by atoms with Crippen molar-refractivity contribution in [2.75, 3.05) is 0 Å². The molecule has 0 saturated carbocycles. The Balaban J connectivity index is 1.43. The molecule has 0 amide bonds. The van der Waals surface area contributed by atoms with Crippen molar-refractivity contribution < 1.29 is 31.9 Å². The molecule has 1 aliphatic rings. The van der Waals surface area contributed by atoms with Crippen molar-refractivity contribution in [3.63, 3.8) is 0 Å². The third-order valence-corrected chi connectivity index (χ3v) is 6.58. The molecule has 1 atom stereocenters. The van der Waals surface area contributed by atoms with Crippen LogP contribution in [0, 0.1) is 5.82 Å². The molecule has 0 radical (unpaired) electrons. The predicted molar refractivity (Wildman–Crippen MR) is 127 cm³/mol. The number of rotatable bonds is 10. The van der Waals surface area contributed by atoms with E-state index in [-0.39, 0.29) is 24.6 Å². The quantitative estimate of drug-likeness (QED) is 0.268. The summed E-state index contributed by atoms with van der Waals surface area (Å²) in [5, 5.41) is 6.96. The molecule has 0 aliphatic carbocycles. The van der Waals surface area contributed by atoms with Crippen LogP contribution in [0.25, 0.3) is 10.6 Å². The zero-order valence-electron chi connectivity index (χ0n) is 19.3. The molecule has 0 bridgehead atoms. The van der Waals surface area contributed by atoms with E-state index in [9.17, 15) is 22.4 Å². The van der Waals surface area contributed by atoms with E-state index >= 15 is 0 Å². The van der Waals surface area contributed by atoms with E-state index in [4.69, 9.17) is 9.57 Å². The summed E-state index contributed by atoms with van der Waals surface area (Å²) in [6.07, 6.45) is -2.18. The molecular weight excluding hydrogens is 498 g/mol. The summed E-state index contributed by atoms with van der Waals surface area (Å²) < 4.78 is 59.1. The van der Waals surface area contributed by atoms with E-state index in [1.54, 1.807) is 6.07 Å². The highest BCUT2D eigenvalue weighted by Crippen LogP contribution is 2.33. The smallest absolute Gasteiger partial charge is 0.371 e. The van der Waals surface area contributed by atoms with Crippen LogP contribution < -0.4 is 5.32 Å². The third-order valence-electron chi connectivity index (χ3n) is 5.46. The summed E-state index contributed by atoms with van der Waals surface area (Å²) in [5.74, 6) is -0.401. The van der Waals surface area contributed by atoms with Gasteiger partial charge in [-0.2, -0.15) is 13.2 Å². The molecule has 1 aliphatic heterocycles. The highest BCUT2D eigenvalue weighted by molar-refractivity contribution is 7.15. The standard InChI is InChI=1S/C25H23F4N3O3S/c1-2-3-4-20-21(36-24(30-20)16-6-8-17(9-7-16)25(27,28)29)14-34-13-15-5-10-18(19(26)11-15)23-31-22(12-33)35-32-23/h5-12,22H,2-4,13-14H2,1H3,(H,31,32). The van der Waals surface area contributed by atoms with Crippen molar-refractivity contribution >= 4 is 23.5 Å². The topological polar surface area (TPSA) is 72.8 Å². The summed E-state index contributed by atoms with van der Waals surface area (Å²) in [4.78, 5) is 21.1. The Hall–Kier alpha value is -3.31. The summed E-state index contributed by atoms with van der Waals surface area (Å²) in [5.41, 5.74) is 1.54. The number of carbonyl (C=O) groups is 1. The van der Waals surface area contributed by atoms with Crippen molar-refractivity contribution in [1.29, 1.82) is 0 Å². The van der Waals surface area contributed by atoms with Gasteiger partial charge in [-0.25, -0.2) is 9.37 Å². The summed E-state index contributed by atoms with van der Waals surface area (Å²) in [6.45, 7) is 2.45. The molecule has 3 aromatic rings. The summed E-state index contributed by atoms with van der Waals surface area (Å²) in [6, 6.07) is 9.49. The molecule has 0 fully saturated rings. The average Bonchev–Trinajstić information content (AvgIpc) is 3.50. The number of hydrogen-bond acceptors (Lipinski definition) is 7. The van der Waals surface area contributed by atoms with Crippen LogP contribution in [0.3, 0.4) is 0 Å². The molecule has 1 aromatic heterocycles. The molecule has 1 unspecified atom stereocenters. The summed E-state index contributed by atoms with van der Waals surface area (Å²) in [7, 11) is 0. The lowest BCUT2D eigenvalue weighted by Crippen LogP contribution is -2.31. The first-order valence-electron chi connectivity index (χ1n) is 11.3. The Bertz CT molecular complexity index is 1240. The van der Waals surface area contributed by atoms with Crippen LogP contribution in [-0.2, 0) is 40.2 Å². The minimum absolute atomic E-state index is 0.137. The van der Waals surface area contributed by atoms with E-state index in [1.165, 1.54) is 35.6 Å². The first-order valence-corrected chi connectivity index (χ1v) is 12.1. The number of thiazole rings is 1. The Morgan fingerprint density at radius 3 is 2.58 bits per heavy atom. The number of carbonyl (C=O) groups excluding carboxylic acids is 1. The molecule has 36 heavy (non-hydrogen) atoms. The number of aromatic nitrogens is 1. The number of nitrogens with zero attached hydrogens (tertiary/aromatic N) is 2. The highest BCUT2D eigenvalue weighted by Gasteiger charge is 2.30. The number of ether oxygens (including phenoxy) is 1. The number of nitrogens with one attached hydrogen (secondary N) is 1. The van der Waals surface area contributed by atoms with Crippen LogP contribution in [-0.4, -0.2) is 23.3 Å². The first kappa shape index (κ1) is 25.8. The molecule has 2 heterocycles. The van der Waals surface area contributed by atoms with Gasteiger partial charge in [0.15, 0.2) is 12.1 Å². The normalized spacial score (nSPS) is 15.4. The third kappa shape index (κ3) is 6.08. The molecule has 4 rings (SSSR count). The van der Waals surface area contributed by atoms with Gasteiger partial charge in [0.05, 0.1) is 34.9 Å². The second kappa shape index (κ2) is 11.2. The van der Waals surface area contributed by atoms with Crippen molar-refractivity contribution in [2.24, 2.45) is 5.16 Å². The van der Waals surface area contributed by atoms with Gasteiger partial charge in [-0.3, -0.25) is 4.79 Å². The number of unbranched alkanes of at least 4 members (excludes halogenated alkanes) is 1. The number of hydrogen-bond donors (Lipinski definition) is 1. The molecule has 1 N–H and O–H groups in total. The van der Waals surface area contributed by atoms with Gasteiger partial charge < -0.3 is 14.9 Å². The average molecular weight is 522 g/mol. The van der Waals surface area contributed by atoms with Gasteiger partial charge in [-0.1, -0.05) is 36.7 Å². The van der Waals surface area contributed by atoms with Gasteiger partial charge in [0.25, 0.3) is 6.23 Å². The first-order chi connectivity index (χ1) is 17.3. The van der Waals surface area contributed by atoms with Crippen LogP contribution in [0.4, 0.5) is 17.6 Å². The SMILES string of the molecule is CCCCc1nc(-c2ccc(C(F)(F)F)cc2)sc1COCc1ccc(C2=NOC(C=O)N2)c(F)c1. The lowest BCUT2D eigenvalue weighted by molar-refractivity contribution is -0.137. The van der Waals surface area contributed by atoms with E-state index < -0.39 is 23.8 Å². The number of benzene rings is 2. The molecule has 190 valence electrons. The fourth-order valence-electron chi connectivity index (χ4n) is 3.55. The van der Waals surface area contributed by atoms with Crippen molar-refractivity contribution in [1.82, 2.24) is 10.3 Å². The molecule has 11 heteroatoms. The molecule has 0 saturated heterocycles. The monoisotopic (exact) mass is 521 g/mol. The largest absolute Gasteiger partial charge is 0.416 e. The van der Waals surface area contributed by atoms with Gasteiger partial charge >= 0.3 is 6.18 Å². The second-order valence-corrected chi connectivity index (χ2v) is 9.20.